The first kappa shape index (κ1) is 14.8. The average Bonchev–Trinajstić information content (AvgIpc) is 2.48. The van der Waals surface area contributed by atoms with Crippen LogP contribution in [-0.4, -0.2) is 24.4 Å². The van der Waals surface area contributed by atoms with Crippen molar-refractivity contribution in [2.75, 3.05) is 19.5 Å². The van der Waals surface area contributed by atoms with Gasteiger partial charge >= 0.3 is 0 Å². The maximum absolute atomic E-state index is 9.78. The van der Waals surface area contributed by atoms with Crippen molar-refractivity contribution in [1.29, 1.82) is 0 Å². The highest BCUT2D eigenvalue weighted by atomic mass is 16.5. The van der Waals surface area contributed by atoms with E-state index in [1.165, 1.54) is 14.2 Å². The molecule has 0 saturated heterocycles. The molecule has 2 aromatic carbocycles. The van der Waals surface area contributed by atoms with E-state index in [0.29, 0.717) is 11.5 Å². The molecule has 0 saturated carbocycles. The van der Waals surface area contributed by atoms with Gasteiger partial charge in [0, 0.05) is 17.8 Å². The molecule has 0 spiro atoms. The van der Waals surface area contributed by atoms with Crippen LogP contribution in [0.2, 0.25) is 0 Å². The summed E-state index contributed by atoms with van der Waals surface area (Å²) in [4.78, 5) is 0. The molecule has 5 nitrogen and oxygen atoms in total. The molecule has 0 aliphatic heterocycles. The monoisotopic (exact) mass is 289 g/mol. The number of ether oxygens (including phenoxy) is 2. The van der Waals surface area contributed by atoms with Crippen LogP contribution in [0.3, 0.4) is 0 Å². The molecule has 3 N–H and O–H groups in total. The largest absolute Gasteiger partial charge is 0.504 e. The van der Waals surface area contributed by atoms with E-state index in [9.17, 15) is 10.2 Å². The number of benzene rings is 2. The van der Waals surface area contributed by atoms with Gasteiger partial charge in [-0.1, -0.05) is 6.07 Å². The zero-order valence-electron chi connectivity index (χ0n) is 12.3. The first-order valence-electron chi connectivity index (χ1n) is 6.55. The average molecular weight is 289 g/mol. The number of hydrogen-bond donors (Lipinski definition) is 3. The molecule has 0 amide bonds. The fourth-order valence-electron chi connectivity index (χ4n) is 2.08. The summed E-state index contributed by atoms with van der Waals surface area (Å²) in [5.41, 5.74) is 1.73. The highest BCUT2D eigenvalue weighted by Crippen LogP contribution is 2.32. The molecule has 1 unspecified atom stereocenters. The zero-order valence-corrected chi connectivity index (χ0v) is 12.3. The van der Waals surface area contributed by atoms with Gasteiger partial charge in [0.15, 0.2) is 23.0 Å². The van der Waals surface area contributed by atoms with Crippen LogP contribution in [-0.2, 0) is 0 Å². The lowest BCUT2D eigenvalue weighted by atomic mass is 10.1. The molecule has 21 heavy (non-hydrogen) atoms. The molecule has 0 aliphatic carbocycles. The lowest BCUT2D eigenvalue weighted by Crippen LogP contribution is -2.06. The van der Waals surface area contributed by atoms with Crippen LogP contribution in [0.25, 0.3) is 0 Å². The van der Waals surface area contributed by atoms with Crippen LogP contribution in [0, 0.1) is 0 Å². The Bertz CT molecular complexity index is 628. The van der Waals surface area contributed by atoms with Crippen molar-refractivity contribution in [2.24, 2.45) is 0 Å². The van der Waals surface area contributed by atoms with E-state index in [4.69, 9.17) is 9.47 Å². The Hall–Kier alpha value is -2.56. The minimum Gasteiger partial charge on any atom is -0.504 e. The maximum Gasteiger partial charge on any atom is 0.160 e. The first-order valence-corrected chi connectivity index (χ1v) is 6.55. The lowest BCUT2D eigenvalue weighted by Gasteiger charge is -2.17. The van der Waals surface area contributed by atoms with Gasteiger partial charge in [0.25, 0.3) is 0 Å². The Labute approximate surface area is 123 Å². The molecule has 0 fully saturated rings. The SMILES string of the molecule is COc1ccc(NC(C)c2ccc(O)c(OC)c2)cc1O. The first-order chi connectivity index (χ1) is 10.0. The Morgan fingerprint density at radius 2 is 1.62 bits per heavy atom. The van der Waals surface area contributed by atoms with Crippen molar-refractivity contribution < 1.29 is 19.7 Å². The second-order valence-corrected chi connectivity index (χ2v) is 4.68. The number of methoxy groups -OCH3 is 2. The highest BCUT2D eigenvalue weighted by Gasteiger charge is 2.10. The predicted octanol–water partition coefficient (Wildman–Crippen LogP) is 3.29. The number of aromatic hydroxyl groups is 2. The molecule has 2 aromatic rings. The Balaban J connectivity index is 2.17. The summed E-state index contributed by atoms with van der Waals surface area (Å²) in [7, 11) is 3.02. The van der Waals surface area contributed by atoms with E-state index >= 15 is 0 Å². The van der Waals surface area contributed by atoms with Crippen molar-refractivity contribution in [3.05, 3.63) is 42.0 Å². The second-order valence-electron chi connectivity index (χ2n) is 4.68. The van der Waals surface area contributed by atoms with Crippen LogP contribution in [0.1, 0.15) is 18.5 Å². The number of nitrogens with one attached hydrogen (secondary N) is 1. The molecule has 112 valence electrons. The molecule has 0 radical (unpaired) electrons. The third kappa shape index (κ3) is 3.31. The van der Waals surface area contributed by atoms with E-state index in [1.807, 2.05) is 19.1 Å². The van der Waals surface area contributed by atoms with Crippen LogP contribution < -0.4 is 14.8 Å². The van der Waals surface area contributed by atoms with Gasteiger partial charge in [-0.05, 0) is 36.8 Å². The molecule has 0 aromatic heterocycles. The van der Waals surface area contributed by atoms with E-state index in [0.717, 1.165) is 11.3 Å². The normalized spacial score (nSPS) is 11.8. The van der Waals surface area contributed by atoms with E-state index in [-0.39, 0.29) is 17.5 Å². The van der Waals surface area contributed by atoms with Crippen molar-refractivity contribution in [1.82, 2.24) is 0 Å². The number of anilines is 1. The number of rotatable bonds is 5. The smallest absolute Gasteiger partial charge is 0.160 e. The fourth-order valence-corrected chi connectivity index (χ4v) is 2.08. The molecule has 1 atom stereocenters. The molecule has 5 heteroatoms. The lowest BCUT2D eigenvalue weighted by molar-refractivity contribution is 0.372. The van der Waals surface area contributed by atoms with Gasteiger partial charge in [0.05, 0.1) is 14.2 Å². The third-order valence-electron chi connectivity index (χ3n) is 3.27. The minimum absolute atomic E-state index is 0.0210. The van der Waals surface area contributed by atoms with Gasteiger partial charge in [-0.25, -0.2) is 0 Å². The van der Waals surface area contributed by atoms with Crippen LogP contribution >= 0.6 is 0 Å². The van der Waals surface area contributed by atoms with Crippen molar-refractivity contribution in [3.63, 3.8) is 0 Å². The van der Waals surface area contributed by atoms with Crippen molar-refractivity contribution in [3.8, 4) is 23.0 Å². The molecule has 2 rings (SSSR count). The van der Waals surface area contributed by atoms with Gasteiger partial charge in [0.2, 0.25) is 0 Å². The van der Waals surface area contributed by atoms with Crippen LogP contribution in [0.15, 0.2) is 36.4 Å². The van der Waals surface area contributed by atoms with E-state index in [1.54, 1.807) is 24.3 Å². The molecular weight excluding hydrogens is 270 g/mol. The number of phenols is 2. The maximum atomic E-state index is 9.78. The molecular formula is C16H19NO4. The topological polar surface area (TPSA) is 71.0 Å². The Morgan fingerprint density at radius 3 is 2.24 bits per heavy atom. The third-order valence-corrected chi connectivity index (χ3v) is 3.27. The molecule has 0 bridgehead atoms. The standard InChI is InChI=1S/C16H19NO4/c1-10(11-4-6-13(18)16(8-11)21-3)17-12-5-7-15(20-2)14(19)9-12/h4-10,17-19H,1-3H3. The van der Waals surface area contributed by atoms with Gasteiger partial charge in [-0.3, -0.25) is 0 Å². The quantitative estimate of drug-likeness (QED) is 0.788. The zero-order chi connectivity index (χ0) is 15.4. The summed E-state index contributed by atoms with van der Waals surface area (Å²) in [6.07, 6.45) is 0. The van der Waals surface area contributed by atoms with Crippen LogP contribution in [0.4, 0.5) is 5.69 Å². The number of phenolic OH excluding ortho intramolecular Hbond substituents is 2. The van der Waals surface area contributed by atoms with Crippen LogP contribution in [0.5, 0.6) is 23.0 Å². The summed E-state index contributed by atoms with van der Waals surface area (Å²) < 4.78 is 10.1. The van der Waals surface area contributed by atoms with Gasteiger partial charge in [-0.15, -0.1) is 0 Å². The minimum atomic E-state index is -0.0210. The van der Waals surface area contributed by atoms with Crippen molar-refractivity contribution in [2.45, 2.75) is 13.0 Å². The van der Waals surface area contributed by atoms with E-state index < -0.39 is 0 Å². The summed E-state index contributed by atoms with van der Waals surface area (Å²) in [6, 6.07) is 10.3. The molecule has 0 heterocycles. The summed E-state index contributed by atoms with van der Waals surface area (Å²) in [5, 5.41) is 22.7. The Kier molecular flexibility index (Phi) is 4.42. The van der Waals surface area contributed by atoms with E-state index in [2.05, 4.69) is 5.32 Å². The molecule has 0 aliphatic rings. The van der Waals surface area contributed by atoms with Gasteiger partial charge in [-0.2, -0.15) is 0 Å². The summed E-state index contributed by atoms with van der Waals surface area (Å²) in [6.45, 7) is 1.98. The highest BCUT2D eigenvalue weighted by molar-refractivity contribution is 5.55. The predicted molar refractivity (Wildman–Crippen MR) is 81.4 cm³/mol. The number of hydrogen-bond acceptors (Lipinski definition) is 5. The summed E-state index contributed by atoms with van der Waals surface area (Å²) in [5.74, 6) is 1.05. The Morgan fingerprint density at radius 1 is 0.905 bits per heavy atom. The van der Waals surface area contributed by atoms with Crippen molar-refractivity contribution >= 4 is 5.69 Å². The summed E-state index contributed by atoms with van der Waals surface area (Å²) >= 11 is 0. The second kappa shape index (κ2) is 6.26. The van der Waals surface area contributed by atoms with Gasteiger partial charge in [0.1, 0.15) is 0 Å². The van der Waals surface area contributed by atoms with Gasteiger partial charge < -0.3 is 25.0 Å². The fraction of sp³-hybridized carbons (Fsp3) is 0.250.